The number of pyridine rings is 1. The van der Waals surface area contributed by atoms with Gasteiger partial charge in [-0.15, -0.1) is 11.8 Å². The van der Waals surface area contributed by atoms with Crippen molar-refractivity contribution in [3.8, 4) is 0 Å². The molecule has 0 radical (unpaired) electrons. The van der Waals surface area contributed by atoms with E-state index in [1.807, 2.05) is 35.2 Å². The summed E-state index contributed by atoms with van der Waals surface area (Å²) < 4.78 is 1.94. The Balaban J connectivity index is 1.44. The lowest BCUT2D eigenvalue weighted by Crippen LogP contribution is -2.70. The second kappa shape index (κ2) is 9.17. The Labute approximate surface area is 194 Å². The summed E-state index contributed by atoms with van der Waals surface area (Å²) in [4.78, 5) is 50.0. The molecule has 4 rings (SSSR count). The van der Waals surface area contributed by atoms with E-state index in [1.165, 1.54) is 28.8 Å². The number of primary amides is 1. The first kappa shape index (κ1) is 22.1. The maximum absolute atomic E-state index is 12.8. The quantitative estimate of drug-likeness (QED) is 0.238. The van der Waals surface area contributed by atoms with Crippen LogP contribution in [0.5, 0.6) is 0 Å². The maximum atomic E-state index is 12.8. The molecule has 2 aromatic rings. The van der Waals surface area contributed by atoms with E-state index in [0.717, 1.165) is 5.57 Å². The number of nitrogens with zero attached hydrogens (tertiary/aromatic N) is 2. The SMILES string of the molecule is NC(=O)c1ccc(C(S)C(=O)N[C@@H]2C(=O)N3C(C=O)=C(C[n+]4ccccc4)CS[C@H]23)cc1. The van der Waals surface area contributed by atoms with E-state index in [4.69, 9.17) is 5.73 Å². The molecule has 3 N–H and O–H groups in total. The minimum atomic E-state index is -0.821. The molecule has 2 aliphatic rings. The van der Waals surface area contributed by atoms with Crippen molar-refractivity contribution in [2.45, 2.75) is 23.2 Å². The molecule has 0 spiro atoms. The van der Waals surface area contributed by atoms with Crippen LogP contribution in [-0.2, 0) is 20.9 Å². The van der Waals surface area contributed by atoms with Gasteiger partial charge in [-0.1, -0.05) is 18.2 Å². The number of aldehydes is 1. The Hall–Kier alpha value is -3.11. The first-order valence-corrected chi connectivity index (χ1v) is 11.4. The average molecular weight is 470 g/mol. The first-order chi connectivity index (χ1) is 15.4. The van der Waals surface area contributed by atoms with Crippen molar-refractivity contribution >= 4 is 48.4 Å². The van der Waals surface area contributed by atoms with Crippen LogP contribution in [0.15, 0.2) is 66.1 Å². The first-order valence-electron chi connectivity index (χ1n) is 9.85. The van der Waals surface area contributed by atoms with E-state index in [1.54, 1.807) is 12.1 Å². The zero-order valence-corrected chi connectivity index (χ0v) is 18.6. The number of nitrogens with two attached hydrogens (primary N) is 1. The fourth-order valence-corrected chi connectivity index (χ4v) is 5.30. The van der Waals surface area contributed by atoms with Gasteiger partial charge in [-0.3, -0.25) is 24.1 Å². The number of allylic oxidation sites excluding steroid dienone is 1. The van der Waals surface area contributed by atoms with E-state index in [0.29, 0.717) is 35.4 Å². The molecular formula is C22H21N4O4S2+. The van der Waals surface area contributed by atoms with Gasteiger partial charge in [0.25, 0.3) is 5.91 Å². The van der Waals surface area contributed by atoms with Crippen molar-refractivity contribution in [1.29, 1.82) is 0 Å². The molecule has 3 atom stereocenters. The molecule has 1 aromatic carbocycles. The van der Waals surface area contributed by atoms with Crippen molar-refractivity contribution in [3.05, 3.63) is 77.3 Å². The zero-order valence-electron chi connectivity index (χ0n) is 16.9. The highest BCUT2D eigenvalue weighted by Gasteiger charge is 2.53. The molecular weight excluding hydrogens is 448 g/mol. The Kier molecular flexibility index (Phi) is 6.33. The van der Waals surface area contributed by atoms with E-state index < -0.39 is 23.1 Å². The van der Waals surface area contributed by atoms with E-state index >= 15 is 0 Å². The van der Waals surface area contributed by atoms with E-state index in [9.17, 15) is 19.2 Å². The molecule has 1 unspecified atom stereocenters. The number of nitrogens with one attached hydrogen (secondary N) is 1. The predicted octanol–water partition coefficient (Wildman–Crippen LogP) is 0.597. The Morgan fingerprint density at radius 3 is 2.56 bits per heavy atom. The molecule has 32 heavy (non-hydrogen) atoms. The van der Waals surface area contributed by atoms with Gasteiger partial charge in [0.05, 0.1) is 5.70 Å². The third-order valence-electron chi connectivity index (χ3n) is 5.41. The summed E-state index contributed by atoms with van der Waals surface area (Å²) >= 11 is 5.87. The van der Waals surface area contributed by atoms with Crippen LogP contribution in [0.2, 0.25) is 0 Å². The standard InChI is InChI=1S/C22H20N4O4S2/c23-19(28)14-6-4-13(5-7-14)18(31)20(29)24-17-21(30)26-16(11-27)15(12-32-22(17)26)10-25-8-2-1-3-9-25/h1-9,11,17-18,22H,10,12H2,(H3-,23,24,28,29,31)/p+1/t17-,18?,22-/m1/s1. The van der Waals surface area contributed by atoms with Crippen LogP contribution in [0.3, 0.4) is 0 Å². The summed E-state index contributed by atoms with van der Waals surface area (Å²) in [6.45, 7) is 0.509. The molecule has 1 aromatic heterocycles. The second-order valence-corrected chi connectivity index (χ2v) is 9.06. The van der Waals surface area contributed by atoms with Crippen LogP contribution in [0.25, 0.3) is 0 Å². The number of thioether (sulfide) groups is 1. The predicted molar refractivity (Wildman–Crippen MR) is 121 cm³/mol. The number of benzene rings is 1. The number of carbonyl (C=O) groups excluding carboxylic acids is 4. The largest absolute Gasteiger partial charge is 0.366 e. The van der Waals surface area contributed by atoms with Crippen LogP contribution < -0.4 is 15.6 Å². The summed E-state index contributed by atoms with van der Waals surface area (Å²) in [5.41, 5.74) is 7.36. The summed E-state index contributed by atoms with van der Waals surface area (Å²) in [6, 6.07) is 11.2. The van der Waals surface area contributed by atoms with Crippen molar-refractivity contribution in [2.24, 2.45) is 5.73 Å². The number of carbonyl (C=O) groups is 4. The average Bonchev–Trinajstić information content (AvgIpc) is 2.82. The number of amides is 3. The van der Waals surface area contributed by atoms with Crippen LogP contribution in [-0.4, -0.2) is 46.1 Å². The van der Waals surface area contributed by atoms with E-state index in [2.05, 4.69) is 17.9 Å². The number of fused-ring (bicyclic) bond motifs is 1. The van der Waals surface area contributed by atoms with Gasteiger partial charge in [-0.25, -0.2) is 4.57 Å². The van der Waals surface area contributed by atoms with Crippen LogP contribution >= 0.6 is 24.4 Å². The Morgan fingerprint density at radius 2 is 1.94 bits per heavy atom. The minimum Gasteiger partial charge on any atom is -0.366 e. The number of aromatic nitrogens is 1. The van der Waals surface area contributed by atoms with Gasteiger partial charge >= 0.3 is 0 Å². The van der Waals surface area contributed by atoms with Crippen molar-refractivity contribution in [3.63, 3.8) is 0 Å². The molecule has 10 heteroatoms. The molecule has 3 amide bonds. The third kappa shape index (κ3) is 4.15. The van der Waals surface area contributed by atoms with Crippen LogP contribution in [0.4, 0.5) is 0 Å². The fourth-order valence-electron chi connectivity index (χ4n) is 3.69. The van der Waals surface area contributed by atoms with Gasteiger partial charge in [0, 0.05) is 29.0 Å². The lowest BCUT2D eigenvalue weighted by molar-refractivity contribution is -0.689. The maximum Gasteiger partial charge on any atom is 0.253 e. The number of thiol groups is 1. The fraction of sp³-hybridized carbons (Fsp3) is 0.227. The molecule has 3 heterocycles. The summed E-state index contributed by atoms with van der Waals surface area (Å²) in [7, 11) is 0. The smallest absolute Gasteiger partial charge is 0.253 e. The van der Waals surface area contributed by atoms with Crippen LogP contribution in [0, 0.1) is 0 Å². The Morgan fingerprint density at radius 1 is 1.25 bits per heavy atom. The highest BCUT2D eigenvalue weighted by atomic mass is 32.2. The van der Waals surface area contributed by atoms with Gasteiger partial charge in [0.1, 0.15) is 16.7 Å². The minimum absolute atomic E-state index is 0.321. The van der Waals surface area contributed by atoms with Crippen molar-refractivity contribution in [1.82, 2.24) is 10.2 Å². The highest BCUT2D eigenvalue weighted by Crippen LogP contribution is 2.40. The lowest BCUT2D eigenvalue weighted by atomic mass is 10.0. The summed E-state index contributed by atoms with van der Waals surface area (Å²) in [5.74, 6) is -0.732. The summed E-state index contributed by atoms with van der Waals surface area (Å²) in [5, 5.41) is 1.59. The monoisotopic (exact) mass is 469 g/mol. The molecule has 1 fully saturated rings. The third-order valence-corrected chi connectivity index (χ3v) is 7.28. The van der Waals surface area contributed by atoms with Gasteiger partial charge in [0.2, 0.25) is 11.8 Å². The Bertz CT molecular complexity index is 1100. The molecule has 164 valence electrons. The zero-order chi connectivity index (χ0) is 22.8. The normalized spacial score (nSPS) is 20.8. The van der Waals surface area contributed by atoms with Gasteiger partial charge in [0.15, 0.2) is 25.2 Å². The number of hydrogen-bond acceptors (Lipinski definition) is 6. The molecule has 0 aliphatic carbocycles. The number of rotatable bonds is 7. The van der Waals surface area contributed by atoms with Gasteiger partial charge < -0.3 is 11.1 Å². The molecule has 0 bridgehead atoms. The van der Waals surface area contributed by atoms with E-state index in [-0.39, 0.29) is 11.3 Å². The topological polar surface area (TPSA) is 113 Å². The van der Waals surface area contributed by atoms with Gasteiger partial charge in [-0.2, -0.15) is 12.6 Å². The highest BCUT2D eigenvalue weighted by molar-refractivity contribution is 8.00. The second-order valence-electron chi connectivity index (χ2n) is 7.44. The lowest BCUT2D eigenvalue weighted by Gasteiger charge is -2.49. The molecule has 0 saturated carbocycles. The molecule has 1 saturated heterocycles. The van der Waals surface area contributed by atoms with Crippen LogP contribution in [0.1, 0.15) is 21.2 Å². The summed E-state index contributed by atoms with van der Waals surface area (Å²) in [6.07, 6.45) is 4.51. The van der Waals surface area contributed by atoms with Crippen molar-refractivity contribution < 1.29 is 23.7 Å². The van der Waals surface area contributed by atoms with Crippen molar-refractivity contribution in [2.75, 3.05) is 5.75 Å². The molecule has 8 nitrogen and oxygen atoms in total. The number of hydrogen-bond donors (Lipinski definition) is 3. The molecule has 2 aliphatic heterocycles. The van der Waals surface area contributed by atoms with Gasteiger partial charge in [-0.05, 0) is 17.7 Å². The number of β-lactam (4-membered cyclic amide) rings is 1.